The van der Waals surface area contributed by atoms with Crippen LogP contribution in [0.25, 0.3) is 0 Å². The molecule has 0 unspecified atom stereocenters. The highest BCUT2D eigenvalue weighted by atomic mass is 19.1. The zero-order valence-corrected chi connectivity index (χ0v) is 8.99. The number of carboxylic acids is 1. The summed E-state index contributed by atoms with van der Waals surface area (Å²) in [6.07, 6.45) is 0. The first-order valence-electron chi connectivity index (χ1n) is 4.66. The van der Waals surface area contributed by atoms with Crippen molar-refractivity contribution in [3.8, 4) is 0 Å². The Bertz CT molecular complexity index is 436. The van der Waals surface area contributed by atoms with Crippen molar-refractivity contribution in [2.45, 2.75) is 6.92 Å². The average molecular weight is 242 g/mol. The Kier molecular flexibility index (Phi) is 4.41. The maximum Gasteiger partial charge on any atom is 0.343 e. The third-order valence-electron chi connectivity index (χ3n) is 1.88. The standard InChI is InChI=1S/C10H11FN2O4/c1-6-7(11)3-2-4-8(6)12-10(16)13-17-5-9(14)15/h2-4H,5H2,1H3,(H,14,15)(H2,12,13,16). The average Bonchev–Trinajstić information content (AvgIpc) is 2.24. The SMILES string of the molecule is Cc1c(F)cccc1NC(=O)NOCC(=O)O. The van der Waals surface area contributed by atoms with E-state index in [1.54, 1.807) is 0 Å². The molecule has 0 radical (unpaired) electrons. The van der Waals surface area contributed by atoms with Crippen molar-refractivity contribution >= 4 is 17.7 Å². The van der Waals surface area contributed by atoms with E-state index in [0.717, 1.165) is 0 Å². The van der Waals surface area contributed by atoms with Crippen LogP contribution in [0.15, 0.2) is 18.2 Å². The van der Waals surface area contributed by atoms with E-state index in [1.807, 2.05) is 5.48 Å². The first-order valence-corrected chi connectivity index (χ1v) is 4.66. The second-order valence-corrected chi connectivity index (χ2v) is 3.15. The minimum absolute atomic E-state index is 0.279. The molecule has 1 aromatic rings. The number of carbonyl (C=O) groups excluding carboxylic acids is 1. The monoisotopic (exact) mass is 242 g/mol. The fourth-order valence-electron chi connectivity index (χ4n) is 1.05. The summed E-state index contributed by atoms with van der Waals surface area (Å²) in [7, 11) is 0. The molecule has 2 amide bonds. The second-order valence-electron chi connectivity index (χ2n) is 3.15. The third kappa shape index (κ3) is 4.07. The topological polar surface area (TPSA) is 87.7 Å². The maximum absolute atomic E-state index is 13.1. The van der Waals surface area contributed by atoms with Crippen LogP contribution >= 0.6 is 0 Å². The molecule has 0 heterocycles. The molecule has 0 spiro atoms. The Balaban J connectivity index is 2.51. The van der Waals surface area contributed by atoms with Crippen LogP contribution in [0.3, 0.4) is 0 Å². The highest BCUT2D eigenvalue weighted by Gasteiger charge is 2.07. The van der Waals surface area contributed by atoms with Gasteiger partial charge in [-0.05, 0) is 19.1 Å². The van der Waals surface area contributed by atoms with E-state index in [2.05, 4.69) is 10.2 Å². The van der Waals surface area contributed by atoms with Gasteiger partial charge in [0.2, 0.25) is 0 Å². The number of halogens is 1. The van der Waals surface area contributed by atoms with Crippen LogP contribution in [0.2, 0.25) is 0 Å². The molecule has 0 aliphatic carbocycles. The van der Waals surface area contributed by atoms with Crippen molar-refractivity contribution < 1.29 is 23.9 Å². The number of benzene rings is 1. The number of nitrogens with one attached hydrogen (secondary N) is 2. The van der Waals surface area contributed by atoms with Gasteiger partial charge in [0.1, 0.15) is 5.82 Å². The fraction of sp³-hybridized carbons (Fsp3) is 0.200. The molecule has 0 saturated heterocycles. The van der Waals surface area contributed by atoms with Gasteiger partial charge < -0.3 is 10.4 Å². The molecule has 1 rings (SSSR count). The lowest BCUT2D eigenvalue weighted by Crippen LogP contribution is -2.31. The molecule has 92 valence electrons. The van der Waals surface area contributed by atoms with E-state index in [4.69, 9.17) is 5.11 Å². The Morgan fingerprint density at radius 2 is 2.18 bits per heavy atom. The Morgan fingerprint density at radius 3 is 2.82 bits per heavy atom. The summed E-state index contributed by atoms with van der Waals surface area (Å²) in [5.74, 6) is -1.67. The van der Waals surface area contributed by atoms with Gasteiger partial charge in [-0.2, -0.15) is 0 Å². The predicted octanol–water partition coefficient (Wildman–Crippen LogP) is 1.27. The number of carbonyl (C=O) groups is 2. The zero-order valence-electron chi connectivity index (χ0n) is 8.99. The van der Waals surface area contributed by atoms with E-state index in [0.29, 0.717) is 0 Å². The van der Waals surface area contributed by atoms with Gasteiger partial charge in [0.15, 0.2) is 6.61 Å². The largest absolute Gasteiger partial charge is 0.479 e. The highest BCUT2D eigenvalue weighted by Crippen LogP contribution is 2.16. The summed E-state index contributed by atoms with van der Waals surface area (Å²) >= 11 is 0. The number of amides is 2. The van der Waals surface area contributed by atoms with Gasteiger partial charge in [-0.1, -0.05) is 6.07 Å². The van der Waals surface area contributed by atoms with Gasteiger partial charge in [-0.25, -0.2) is 19.5 Å². The predicted molar refractivity (Wildman–Crippen MR) is 56.9 cm³/mol. The lowest BCUT2D eigenvalue weighted by molar-refractivity contribution is -0.143. The van der Waals surface area contributed by atoms with E-state index < -0.39 is 24.4 Å². The molecular weight excluding hydrogens is 231 g/mol. The van der Waals surface area contributed by atoms with Crippen molar-refractivity contribution in [3.05, 3.63) is 29.6 Å². The normalized spacial score (nSPS) is 9.76. The van der Waals surface area contributed by atoms with E-state index in [9.17, 15) is 14.0 Å². The Labute approximate surface area is 96.3 Å². The molecule has 0 aliphatic rings. The quantitative estimate of drug-likeness (QED) is 0.694. The van der Waals surface area contributed by atoms with Gasteiger partial charge in [0.05, 0.1) is 0 Å². The summed E-state index contributed by atoms with van der Waals surface area (Å²) in [4.78, 5) is 25.6. The van der Waals surface area contributed by atoms with Crippen LogP contribution in [0.5, 0.6) is 0 Å². The van der Waals surface area contributed by atoms with Crippen molar-refractivity contribution in [3.63, 3.8) is 0 Å². The highest BCUT2D eigenvalue weighted by molar-refractivity contribution is 5.89. The van der Waals surface area contributed by atoms with Gasteiger partial charge >= 0.3 is 12.0 Å². The molecule has 0 fully saturated rings. The van der Waals surface area contributed by atoms with Gasteiger partial charge in [-0.3, -0.25) is 4.84 Å². The molecule has 0 saturated carbocycles. The van der Waals surface area contributed by atoms with Gasteiger partial charge in [0, 0.05) is 11.3 Å². The van der Waals surface area contributed by atoms with Crippen LogP contribution in [-0.4, -0.2) is 23.7 Å². The lowest BCUT2D eigenvalue weighted by Gasteiger charge is -2.09. The molecule has 3 N–H and O–H groups in total. The first-order chi connectivity index (χ1) is 8.00. The summed E-state index contributed by atoms with van der Waals surface area (Å²) in [5, 5.41) is 10.6. The second kappa shape index (κ2) is 5.80. The van der Waals surface area contributed by atoms with Gasteiger partial charge in [0.25, 0.3) is 0 Å². The number of hydrogen-bond acceptors (Lipinski definition) is 3. The Morgan fingerprint density at radius 1 is 1.47 bits per heavy atom. The summed E-state index contributed by atoms with van der Waals surface area (Å²) in [6.45, 7) is 0.846. The maximum atomic E-state index is 13.1. The van der Waals surface area contributed by atoms with E-state index in [1.165, 1.54) is 25.1 Å². The Hall–Kier alpha value is -2.15. The number of carboxylic acid groups (broad SMARTS) is 1. The van der Waals surface area contributed by atoms with E-state index in [-0.39, 0.29) is 11.3 Å². The molecular formula is C10H11FN2O4. The fourth-order valence-corrected chi connectivity index (χ4v) is 1.05. The zero-order chi connectivity index (χ0) is 12.8. The molecule has 1 aromatic carbocycles. The van der Waals surface area contributed by atoms with E-state index >= 15 is 0 Å². The first kappa shape index (κ1) is 12.9. The molecule has 17 heavy (non-hydrogen) atoms. The van der Waals surface area contributed by atoms with Crippen molar-refractivity contribution in [1.82, 2.24) is 5.48 Å². The minimum Gasteiger partial charge on any atom is -0.479 e. The molecule has 6 nitrogen and oxygen atoms in total. The van der Waals surface area contributed by atoms with Crippen LogP contribution in [0.4, 0.5) is 14.9 Å². The van der Waals surface area contributed by atoms with Crippen molar-refractivity contribution in [2.24, 2.45) is 0 Å². The molecule has 0 aliphatic heterocycles. The van der Waals surface area contributed by atoms with Crippen LogP contribution < -0.4 is 10.8 Å². The molecule has 0 aromatic heterocycles. The van der Waals surface area contributed by atoms with Crippen molar-refractivity contribution in [2.75, 3.05) is 11.9 Å². The summed E-state index contributed by atoms with van der Waals surface area (Å²) in [6, 6.07) is 3.44. The molecule has 7 heteroatoms. The third-order valence-corrected chi connectivity index (χ3v) is 1.88. The lowest BCUT2D eigenvalue weighted by atomic mass is 10.2. The van der Waals surface area contributed by atoms with Gasteiger partial charge in [-0.15, -0.1) is 0 Å². The van der Waals surface area contributed by atoms with Crippen LogP contribution in [0.1, 0.15) is 5.56 Å². The number of aliphatic carboxylic acids is 1. The number of anilines is 1. The van der Waals surface area contributed by atoms with Crippen LogP contribution in [0, 0.1) is 12.7 Å². The van der Waals surface area contributed by atoms with Crippen molar-refractivity contribution in [1.29, 1.82) is 0 Å². The number of hydrogen-bond donors (Lipinski definition) is 3. The summed E-state index contributed by atoms with van der Waals surface area (Å²) in [5.41, 5.74) is 2.41. The minimum atomic E-state index is -1.22. The number of rotatable bonds is 4. The molecule has 0 atom stereocenters. The number of urea groups is 1. The number of hydroxylamine groups is 1. The smallest absolute Gasteiger partial charge is 0.343 e. The molecule has 0 bridgehead atoms. The summed E-state index contributed by atoms with van der Waals surface area (Å²) < 4.78 is 13.1. The van der Waals surface area contributed by atoms with Crippen LogP contribution in [-0.2, 0) is 9.63 Å².